The lowest BCUT2D eigenvalue weighted by Gasteiger charge is -2.35. The van der Waals surface area contributed by atoms with Crippen LogP contribution in [0.5, 0.6) is 11.8 Å². The molecule has 4 aromatic rings. The molecular formula is C38H39F2N5O3. The van der Waals surface area contributed by atoms with E-state index in [4.69, 9.17) is 25.9 Å². The molecule has 5 heterocycles. The number of phenolic OH excluding ortho intramolecular Hbond substituents is 1. The van der Waals surface area contributed by atoms with Gasteiger partial charge in [0.1, 0.15) is 22.9 Å². The molecule has 8 nitrogen and oxygen atoms in total. The Morgan fingerprint density at radius 3 is 2.50 bits per heavy atom. The lowest BCUT2D eigenvalue weighted by Crippen LogP contribution is -2.51. The average Bonchev–Trinajstić information content (AvgIpc) is 3.63. The molecule has 4 saturated heterocycles. The van der Waals surface area contributed by atoms with Crippen molar-refractivity contribution in [2.24, 2.45) is 5.41 Å². The van der Waals surface area contributed by atoms with Crippen LogP contribution >= 0.6 is 0 Å². The summed E-state index contributed by atoms with van der Waals surface area (Å²) in [7, 11) is 0. The number of rotatable bonds is 7. The number of phenols is 1. The van der Waals surface area contributed by atoms with E-state index < -0.39 is 11.6 Å². The fourth-order valence-electron chi connectivity index (χ4n) is 8.73. The van der Waals surface area contributed by atoms with Crippen LogP contribution < -0.4 is 15.0 Å². The second-order valence-electron chi connectivity index (χ2n) is 14.7. The van der Waals surface area contributed by atoms with Gasteiger partial charge in [0.25, 0.3) is 0 Å². The van der Waals surface area contributed by atoms with Gasteiger partial charge in [0.15, 0.2) is 5.82 Å². The summed E-state index contributed by atoms with van der Waals surface area (Å²) < 4.78 is 44.6. The minimum Gasteiger partial charge on any atom is -0.508 e. The number of hydrogen-bond donors (Lipinski definition) is 2. The Bertz CT molecular complexity index is 1980. The molecule has 0 spiro atoms. The number of ether oxygens (including phenoxy) is 2. The van der Waals surface area contributed by atoms with Crippen LogP contribution in [0.3, 0.4) is 0 Å². The lowest BCUT2D eigenvalue weighted by atomic mass is 9.90. The van der Waals surface area contributed by atoms with Gasteiger partial charge in [-0.2, -0.15) is 9.97 Å². The van der Waals surface area contributed by atoms with Gasteiger partial charge in [0, 0.05) is 66.6 Å². The molecule has 4 unspecified atom stereocenters. The van der Waals surface area contributed by atoms with Crippen molar-refractivity contribution in [2.45, 2.75) is 69.7 Å². The van der Waals surface area contributed by atoms with Gasteiger partial charge in [-0.25, -0.2) is 8.78 Å². The Morgan fingerprint density at radius 2 is 1.79 bits per heavy atom. The summed E-state index contributed by atoms with van der Waals surface area (Å²) in [5.74, 6) is 1.87. The first-order valence-corrected chi connectivity index (χ1v) is 17.2. The van der Waals surface area contributed by atoms with Gasteiger partial charge in [-0.3, -0.25) is 4.90 Å². The Balaban J connectivity index is 1.13. The van der Waals surface area contributed by atoms with Crippen molar-refractivity contribution in [2.75, 3.05) is 44.2 Å². The summed E-state index contributed by atoms with van der Waals surface area (Å²) in [6, 6.07) is 8.51. The van der Waals surface area contributed by atoms with Crippen molar-refractivity contribution < 1.29 is 23.4 Å². The summed E-state index contributed by atoms with van der Waals surface area (Å²) in [5.41, 5.74) is 1.30. The van der Waals surface area contributed by atoms with E-state index in [0.29, 0.717) is 64.0 Å². The molecule has 4 atom stereocenters. The van der Waals surface area contributed by atoms with Crippen LogP contribution in [0, 0.1) is 36.3 Å². The van der Waals surface area contributed by atoms with E-state index in [2.05, 4.69) is 21.0 Å². The second-order valence-corrected chi connectivity index (χ2v) is 14.7. The number of likely N-dealkylation sites (tertiary alicyclic amines) is 1. The number of aryl methyl sites for hydroxylation is 1. The Kier molecular flexibility index (Phi) is 7.05. The predicted octanol–water partition coefficient (Wildman–Crippen LogP) is 5.69. The van der Waals surface area contributed by atoms with Gasteiger partial charge in [-0.15, -0.1) is 6.42 Å². The van der Waals surface area contributed by atoms with Gasteiger partial charge in [0.2, 0.25) is 0 Å². The number of morpholine rings is 1. The molecule has 0 amide bonds. The fraction of sp³-hybridized carbons (Fsp3) is 0.474. The number of nitrogens with zero attached hydrogens (tertiary/aromatic N) is 4. The molecule has 4 bridgehead atoms. The number of anilines is 1. The van der Waals surface area contributed by atoms with Crippen molar-refractivity contribution in [1.29, 1.82) is 0 Å². The first-order valence-electron chi connectivity index (χ1n) is 17.2. The zero-order valence-electron chi connectivity index (χ0n) is 27.1. The monoisotopic (exact) mass is 651 g/mol. The zero-order chi connectivity index (χ0) is 32.7. The van der Waals surface area contributed by atoms with Crippen molar-refractivity contribution >= 4 is 27.5 Å². The van der Waals surface area contributed by atoms with E-state index in [-0.39, 0.29) is 33.8 Å². The van der Waals surface area contributed by atoms with E-state index in [1.807, 2.05) is 13.0 Å². The van der Waals surface area contributed by atoms with Gasteiger partial charge in [0.05, 0.1) is 24.4 Å². The summed E-state index contributed by atoms with van der Waals surface area (Å²) in [6.07, 6.45) is 13.0. The molecule has 4 aliphatic heterocycles. The molecule has 0 radical (unpaired) electrons. The highest BCUT2D eigenvalue weighted by molar-refractivity contribution is 6.05. The van der Waals surface area contributed by atoms with Crippen LogP contribution in [0.15, 0.2) is 30.3 Å². The maximum atomic E-state index is 17.2. The molecule has 1 aromatic heterocycles. The SMILES string of the molecule is C#Cc1c(F)ccc2cc(O)cc(-c3c(C)cc4c(N5CC6CCC(C5)N6)nc(OCC5(CN6CC7CCC(C6)O7)CC5)nc4c3F)c12. The number of aromatic nitrogens is 2. The van der Waals surface area contributed by atoms with Crippen molar-refractivity contribution in [3.63, 3.8) is 0 Å². The van der Waals surface area contributed by atoms with Crippen LogP contribution in [0.2, 0.25) is 0 Å². The highest BCUT2D eigenvalue weighted by atomic mass is 19.1. The van der Waals surface area contributed by atoms with Crippen LogP contribution in [0.1, 0.15) is 49.7 Å². The Hall–Kier alpha value is -4.04. The number of benzene rings is 3. The Morgan fingerprint density at radius 1 is 1.04 bits per heavy atom. The molecule has 1 saturated carbocycles. The average molecular weight is 652 g/mol. The van der Waals surface area contributed by atoms with Gasteiger partial charge in [-0.1, -0.05) is 12.0 Å². The number of hydrogen-bond acceptors (Lipinski definition) is 8. The molecule has 3 aromatic carbocycles. The minimum atomic E-state index is -0.583. The highest BCUT2D eigenvalue weighted by Crippen LogP contribution is 2.48. The largest absolute Gasteiger partial charge is 0.508 e. The number of fused-ring (bicyclic) bond motifs is 6. The van der Waals surface area contributed by atoms with Crippen molar-refractivity contribution in [1.82, 2.24) is 20.2 Å². The first kappa shape index (κ1) is 30.1. The van der Waals surface area contributed by atoms with E-state index >= 15 is 4.39 Å². The summed E-state index contributed by atoms with van der Waals surface area (Å²) in [5, 5.41) is 15.8. The second kappa shape index (κ2) is 11.3. The number of aromatic hydroxyl groups is 1. The van der Waals surface area contributed by atoms with E-state index in [1.54, 1.807) is 6.07 Å². The van der Waals surface area contributed by atoms with Crippen LogP contribution in [0.25, 0.3) is 32.8 Å². The van der Waals surface area contributed by atoms with E-state index in [0.717, 1.165) is 71.2 Å². The molecular weight excluding hydrogens is 612 g/mol. The van der Waals surface area contributed by atoms with E-state index in [9.17, 15) is 9.50 Å². The molecule has 9 rings (SSSR count). The number of piperazine rings is 1. The fourth-order valence-corrected chi connectivity index (χ4v) is 8.73. The van der Waals surface area contributed by atoms with Crippen molar-refractivity contribution in [3.05, 3.63) is 53.1 Å². The molecule has 5 fully saturated rings. The van der Waals surface area contributed by atoms with Gasteiger partial charge < -0.3 is 24.8 Å². The third kappa shape index (κ3) is 5.15. The quantitative estimate of drug-likeness (QED) is 0.247. The van der Waals surface area contributed by atoms with Crippen LogP contribution in [-0.2, 0) is 4.74 Å². The summed E-state index contributed by atoms with van der Waals surface area (Å²) in [4.78, 5) is 14.5. The molecule has 2 N–H and O–H groups in total. The topological polar surface area (TPSA) is 83.0 Å². The number of nitrogens with one attached hydrogen (secondary N) is 1. The Labute approximate surface area is 278 Å². The molecule has 10 heteroatoms. The molecule has 5 aliphatic rings. The number of terminal acetylenes is 1. The van der Waals surface area contributed by atoms with Crippen molar-refractivity contribution in [3.8, 4) is 35.2 Å². The van der Waals surface area contributed by atoms with Crippen LogP contribution in [-0.4, -0.2) is 83.6 Å². The maximum Gasteiger partial charge on any atom is 0.319 e. The minimum absolute atomic E-state index is 0.0214. The zero-order valence-corrected chi connectivity index (χ0v) is 27.1. The standard InChI is InChI=1S/C38H39F2N5O3/c1-3-28-31(39)9-4-22-13-25(46)14-29(33(22)28)32-21(2)12-30-35(34(32)40)42-37(43-36(30)45-15-23-5-6-24(16-45)41-23)47-20-38(10-11-38)19-44-17-26-7-8-27(18-44)48-26/h1,4,9,12-14,23-24,26-27,41,46H,5-8,10-11,15-20H2,2H3. The van der Waals surface area contributed by atoms with Gasteiger partial charge in [-0.05, 0) is 86.2 Å². The first-order chi connectivity index (χ1) is 23.3. The molecule has 48 heavy (non-hydrogen) atoms. The van der Waals surface area contributed by atoms with Gasteiger partial charge >= 0.3 is 6.01 Å². The van der Waals surface area contributed by atoms with Crippen LogP contribution in [0.4, 0.5) is 14.6 Å². The predicted molar refractivity (Wildman–Crippen MR) is 180 cm³/mol. The normalized spacial score (nSPS) is 25.9. The van der Waals surface area contributed by atoms with E-state index in [1.165, 1.54) is 18.2 Å². The third-order valence-corrected chi connectivity index (χ3v) is 11.2. The highest BCUT2D eigenvalue weighted by Gasteiger charge is 2.47. The smallest absolute Gasteiger partial charge is 0.319 e. The molecule has 248 valence electrons. The lowest BCUT2D eigenvalue weighted by molar-refractivity contribution is -0.0460. The molecule has 1 aliphatic carbocycles. The number of halogens is 2. The third-order valence-electron chi connectivity index (χ3n) is 11.2. The maximum absolute atomic E-state index is 17.2. The summed E-state index contributed by atoms with van der Waals surface area (Å²) >= 11 is 0. The summed E-state index contributed by atoms with van der Waals surface area (Å²) in [6.45, 7) is 6.66.